The first-order valence-electron chi connectivity index (χ1n) is 4.94. The number of nitrogens with zero attached hydrogens (tertiary/aromatic N) is 1. The van der Waals surface area contributed by atoms with Gasteiger partial charge in [0.2, 0.25) is 5.91 Å². The van der Waals surface area contributed by atoms with Gasteiger partial charge in [-0.3, -0.25) is 9.59 Å². The Balaban J connectivity index is 2.23. The van der Waals surface area contributed by atoms with Crippen LogP contribution in [0, 0.1) is 0 Å². The number of benzene rings is 1. The van der Waals surface area contributed by atoms with Crippen LogP contribution in [0.5, 0.6) is 0 Å². The van der Waals surface area contributed by atoms with Gasteiger partial charge in [-0.1, -0.05) is 18.2 Å². The first-order chi connectivity index (χ1) is 7.74. The van der Waals surface area contributed by atoms with E-state index < -0.39 is 6.04 Å². The molecule has 0 aromatic heterocycles. The Morgan fingerprint density at radius 1 is 1.31 bits per heavy atom. The van der Waals surface area contributed by atoms with Crippen LogP contribution in [-0.2, 0) is 14.4 Å². The summed E-state index contributed by atoms with van der Waals surface area (Å²) < 4.78 is 0. The van der Waals surface area contributed by atoms with E-state index in [0.717, 1.165) is 0 Å². The Morgan fingerprint density at radius 2 is 2.00 bits per heavy atom. The minimum absolute atomic E-state index is 0.127. The van der Waals surface area contributed by atoms with Gasteiger partial charge in [-0.25, -0.2) is 4.90 Å². The van der Waals surface area contributed by atoms with Crippen LogP contribution >= 0.6 is 0 Å². The lowest BCUT2D eigenvalue weighted by Crippen LogP contribution is -2.38. The third-order valence-corrected chi connectivity index (χ3v) is 2.42. The molecule has 0 bridgehead atoms. The molecule has 1 aliphatic rings. The molecule has 1 heterocycles. The maximum atomic E-state index is 11.9. The van der Waals surface area contributed by atoms with Crippen LogP contribution in [0.25, 0.3) is 0 Å². The van der Waals surface area contributed by atoms with Crippen molar-refractivity contribution in [1.29, 1.82) is 0 Å². The molecule has 5 nitrogen and oxygen atoms in total. The molecule has 2 amide bonds. The number of hydroxylamine groups is 1. The van der Waals surface area contributed by atoms with Crippen molar-refractivity contribution in [3.63, 3.8) is 0 Å². The summed E-state index contributed by atoms with van der Waals surface area (Å²) in [6.45, 7) is 0. The van der Waals surface area contributed by atoms with Gasteiger partial charge in [0, 0.05) is 0 Å². The third-order valence-electron chi connectivity index (χ3n) is 2.42. The van der Waals surface area contributed by atoms with Gasteiger partial charge in [0.05, 0.1) is 19.2 Å². The van der Waals surface area contributed by atoms with E-state index in [1.54, 1.807) is 24.3 Å². The zero-order chi connectivity index (χ0) is 11.5. The number of hydrogen-bond donors (Lipinski definition) is 1. The summed E-state index contributed by atoms with van der Waals surface area (Å²) in [4.78, 5) is 29.4. The van der Waals surface area contributed by atoms with Crippen molar-refractivity contribution < 1.29 is 14.4 Å². The predicted octanol–water partition coefficient (Wildman–Crippen LogP) is 0.469. The van der Waals surface area contributed by atoms with Gasteiger partial charge in [0.15, 0.2) is 0 Å². The minimum atomic E-state index is -0.585. The van der Waals surface area contributed by atoms with Crippen molar-refractivity contribution in [2.45, 2.75) is 12.5 Å². The van der Waals surface area contributed by atoms with Crippen LogP contribution in [0.1, 0.15) is 6.42 Å². The molecule has 0 radical (unpaired) electrons. The zero-order valence-electron chi connectivity index (χ0n) is 8.84. The highest BCUT2D eigenvalue weighted by atomic mass is 16.6. The first-order valence-corrected chi connectivity index (χ1v) is 4.94. The van der Waals surface area contributed by atoms with Crippen LogP contribution in [0.15, 0.2) is 30.3 Å². The standard InChI is InChI=1S/C11H12N2O3/c1-16-12-9-7-10(14)13(11(9)15)8-5-3-2-4-6-8/h2-6,9,12H,7H2,1H3. The number of hydrogen-bond acceptors (Lipinski definition) is 4. The van der Waals surface area contributed by atoms with Crippen LogP contribution < -0.4 is 10.4 Å². The Morgan fingerprint density at radius 3 is 2.62 bits per heavy atom. The van der Waals surface area contributed by atoms with Gasteiger partial charge in [-0.2, -0.15) is 5.48 Å². The lowest BCUT2D eigenvalue weighted by Gasteiger charge is -2.14. The van der Waals surface area contributed by atoms with E-state index in [1.807, 2.05) is 6.07 Å². The molecule has 1 unspecified atom stereocenters. The van der Waals surface area contributed by atoms with Crippen molar-refractivity contribution >= 4 is 17.5 Å². The molecule has 0 aliphatic carbocycles. The fourth-order valence-electron chi connectivity index (χ4n) is 1.71. The first kappa shape index (κ1) is 10.8. The van der Waals surface area contributed by atoms with E-state index >= 15 is 0 Å². The van der Waals surface area contributed by atoms with Gasteiger partial charge in [0.25, 0.3) is 5.91 Å². The Labute approximate surface area is 93.0 Å². The Bertz CT molecular complexity index is 405. The van der Waals surface area contributed by atoms with Crippen molar-refractivity contribution in [2.75, 3.05) is 12.0 Å². The smallest absolute Gasteiger partial charge is 0.253 e. The topological polar surface area (TPSA) is 58.6 Å². The highest BCUT2D eigenvalue weighted by Crippen LogP contribution is 2.22. The van der Waals surface area contributed by atoms with Crippen molar-refractivity contribution in [3.8, 4) is 0 Å². The molecule has 16 heavy (non-hydrogen) atoms. The molecule has 1 N–H and O–H groups in total. The molecule has 1 atom stereocenters. The van der Waals surface area contributed by atoms with Crippen LogP contribution in [0.2, 0.25) is 0 Å². The van der Waals surface area contributed by atoms with Crippen molar-refractivity contribution in [1.82, 2.24) is 5.48 Å². The highest BCUT2D eigenvalue weighted by Gasteiger charge is 2.39. The second kappa shape index (κ2) is 4.42. The molecule has 0 spiro atoms. The van der Waals surface area contributed by atoms with Crippen LogP contribution in [-0.4, -0.2) is 25.0 Å². The Kier molecular flexibility index (Phi) is 2.98. The highest BCUT2D eigenvalue weighted by molar-refractivity contribution is 6.22. The van der Waals surface area contributed by atoms with E-state index in [0.29, 0.717) is 5.69 Å². The van der Waals surface area contributed by atoms with E-state index in [2.05, 4.69) is 10.3 Å². The molecule has 5 heteroatoms. The maximum Gasteiger partial charge on any atom is 0.253 e. The maximum absolute atomic E-state index is 11.9. The van der Waals surface area contributed by atoms with Gasteiger partial charge in [-0.15, -0.1) is 0 Å². The molecule has 1 fully saturated rings. The monoisotopic (exact) mass is 220 g/mol. The number of rotatable bonds is 3. The fourth-order valence-corrected chi connectivity index (χ4v) is 1.71. The van der Waals surface area contributed by atoms with E-state index in [4.69, 9.17) is 0 Å². The molecule has 1 aliphatic heterocycles. The molecule has 0 saturated carbocycles. The summed E-state index contributed by atoms with van der Waals surface area (Å²) in [5.41, 5.74) is 3.11. The summed E-state index contributed by atoms with van der Waals surface area (Å²) in [6.07, 6.45) is 0.127. The average Bonchev–Trinajstić information content (AvgIpc) is 2.56. The quantitative estimate of drug-likeness (QED) is 0.594. The van der Waals surface area contributed by atoms with Crippen LogP contribution in [0.3, 0.4) is 0 Å². The van der Waals surface area contributed by atoms with Gasteiger partial charge in [-0.05, 0) is 12.1 Å². The molecule has 2 rings (SSSR count). The molecule has 1 aromatic carbocycles. The summed E-state index contributed by atoms with van der Waals surface area (Å²) in [7, 11) is 1.42. The van der Waals surface area contributed by atoms with Crippen LogP contribution in [0.4, 0.5) is 5.69 Å². The second-order valence-electron chi connectivity index (χ2n) is 3.48. The predicted molar refractivity (Wildman–Crippen MR) is 57.5 cm³/mol. The van der Waals surface area contributed by atoms with E-state index in [-0.39, 0.29) is 18.2 Å². The zero-order valence-corrected chi connectivity index (χ0v) is 8.84. The summed E-state index contributed by atoms with van der Waals surface area (Å²) in [6, 6.07) is 8.27. The van der Waals surface area contributed by atoms with E-state index in [9.17, 15) is 9.59 Å². The lowest BCUT2D eigenvalue weighted by atomic mass is 10.3. The van der Waals surface area contributed by atoms with Gasteiger partial charge in [0.1, 0.15) is 6.04 Å². The largest absolute Gasteiger partial charge is 0.304 e. The normalized spacial score (nSPS) is 20.6. The number of carbonyl (C=O) groups is 2. The average molecular weight is 220 g/mol. The second-order valence-corrected chi connectivity index (χ2v) is 3.48. The summed E-state index contributed by atoms with van der Waals surface area (Å²) >= 11 is 0. The third kappa shape index (κ3) is 1.82. The Hall–Kier alpha value is -1.72. The minimum Gasteiger partial charge on any atom is -0.304 e. The number of para-hydroxylation sites is 1. The lowest BCUT2D eigenvalue weighted by molar-refractivity contribution is -0.122. The molecule has 84 valence electrons. The number of anilines is 1. The summed E-state index contributed by atoms with van der Waals surface area (Å²) in [5, 5.41) is 0. The molecule has 1 aromatic rings. The number of amides is 2. The SMILES string of the molecule is CONC1CC(=O)N(c2ccccc2)C1=O. The molecule has 1 saturated heterocycles. The number of carbonyl (C=O) groups excluding carboxylic acids is 2. The number of imide groups is 1. The van der Waals surface area contributed by atoms with Gasteiger partial charge < -0.3 is 4.84 Å². The van der Waals surface area contributed by atoms with Gasteiger partial charge >= 0.3 is 0 Å². The van der Waals surface area contributed by atoms with Crippen molar-refractivity contribution in [2.24, 2.45) is 0 Å². The summed E-state index contributed by atoms with van der Waals surface area (Å²) in [5.74, 6) is -0.496. The van der Waals surface area contributed by atoms with E-state index in [1.165, 1.54) is 12.0 Å². The molecular formula is C11H12N2O3. The molecular weight excluding hydrogens is 208 g/mol. The fraction of sp³-hybridized carbons (Fsp3) is 0.273. The number of nitrogens with one attached hydrogen (secondary N) is 1. The van der Waals surface area contributed by atoms with Crippen molar-refractivity contribution in [3.05, 3.63) is 30.3 Å².